The van der Waals surface area contributed by atoms with Crippen LogP contribution in [0.25, 0.3) is 10.9 Å². The summed E-state index contributed by atoms with van der Waals surface area (Å²) in [5.41, 5.74) is -1.12. The molecule has 2 heterocycles. The van der Waals surface area contributed by atoms with E-state index in [2.05, 4.69) is 0 Å². The fourth-order valence-corrected chi connectivity index (χ4v) is 2.64. The second-order valence-electron chi connectivity index (χ2n) is 5.45. The second kappa shape index (κ2) is 5.38. The number of nitrogens with one attached hydrogen (secondary N) is 1. The predicted octanol–water partition coefficient (Wildman–Crippen LogP) is 1.44. The molecule has 2 aromatic rings. The summed E-state index contributed by atoms with van der Waals surface area (Å²) in [6.45, 7) is -11.9. The van der Waals surface area contributed by atoms with E-state index in [0.717, 1.165) is 12.8 Å². The molecule has 1 aliphatic carbocycles. The molecule has 0 atom stereocenters. The van der Waals surface area contributed by atoms with E-state index in [0.29, 0.717) is 4.90 Å². The summed E-state index contributed by atoms with van der Waals surface area (Å²) in [5.74, 6) is -1.39. The SMILES string of the molecule is [2H]C1([2H])NC([2H])([2H])C([2H])([2H])N(c2ccc3c(=O)c(C(=O)O)cn(C4CC4)c3c2)C1([2H])[2H]. The largest absolute Gasteiger partial charge is 0.477 e. The smallest absolute Gasteiger partial charge is 0.341 e. The number of fused-ring (bicyclic) bond motifs is 1. The van der Waals surface area contributed by atoms with Crippen molar-refractivity contribution in [3.05, 3.63) is 40.2 Å². The first-order valence-electron chi connectivity index (χ1n) is 11.1. The molecule has 1 aromatic heterocycles. The van der Waals surface area contributed by atoms with E-state index in [4.69, 9.17) is 11.0 Å². The molecule has 4 rings (SSSR count). The average molecular weight is 321 g/mol. The lowest BCUT2D eigenvalue weighted by atomic mass is 10.1. The van der Waals surface area contributed by atoms with Crippen molar-refractivity contribution < 1.29 is 20.9 Å². The van der Waals surface area contributed by atoms with Gasteiger partial charge in [0.05, 0.1) is 11.0 Å². The number of anilines is 1. The highest BCUT2D eigenvalue weighted by Gasteiger charge is 2.27. The number of hydrogen-bond donors (Lipinski definition) is 2. The van der Waals surface area contributed by atoms with Crippen molar-refractivity contribution in [2.45, 2.75) is 18.9 Å². The van der Waals surface area contributed by atoms with Crippen LogP contribution in [0.1, 0.15) is 40.2 Å². The van der Waals surface area contributed by atoms with Gasteiger partial charge in [0.1, 0.15) is 5.56 Å². The molecular formula is C17H19N3O3. The molecule has 1 saturated carbocycles. The minimum Gasteiger partial charge on any atom is -0.477 e. The van der Waals surface area contributed by atoms with Crippen LogP contribution in [0, 0.1) is 0 Å². The van der Waals surface area contributed by atoms with E-state index in [1.807, 2.05) is 0 Å². The van der Waals surface area contributed by atoms with E-state index in [1.165, 1.54) is 24.4 Å². The maximum absolute atomic E-state index is 12.6. The van der Waals surface area contributed by atoms with E-state index in [-0.39, 0.29) is 22.6 Å². The third kappa shape index (κ3) is 2.49. The molecule has 1 aromatic carbocycles. The molecule has 0 radical (unpaired) electrons. The van der Waals surface area contributed by atoms with Gasteiger partial charge >= 0.3 is 5.97 Å². The maximum atomic E-state index is 12.6. The number of aromatic carboxylic acids is 1. The normalized spacial score (nSPS) is 32.3. The van der Waals surface area contributed by atoms with Gasteiger partial charge in [-0.1, -0.05) is 0 Å². The van der Waals surface area contributed by atoms with Crippen molar-refractivity contribution >= 4 is 22.6 Å². The third-order valence-electron chi connectivity index (χ3n) is 3.91. The Hall–Kier alpha value is -2.34. The lowest BCUT2D eigenvalue weighted by Crippen LogP contribution is -2.43. The molecule has 1 saturated heterocycles. The number of benzene rings is 1. The van der Waals surface area contributed by atoms with Crippen molar-refractivity contribution in [2.24, 2.45) is 0 Å². The van der Waals surface area contributed by atoms with Crippen molar-refractivity contribution in [1.82, 2.24) is 9.88 Å². The lowest BCUT2D eigenvalue weighted by Gasteiger charge is -2.29. The van der Waals surface area contributed by atoms with Crippen LogP contribution in [0.3, 0.4) is 0 Å². The monoisotopic (exact) mass is 321 g/mol. The fourth-order valence-electron chi connectivity index (χ4n) is 2.64. The summed E-state index contributed by atoms with van der Waals surface area (Å²) in [6, 6.07) is 3.59. The lowest BCUT2D eigenvalue weighted by molar-refractivity contribution is 0.0695. The van der Waals surface area contributed by atoms with E-state index >= 15 is 0 Å². The Morgan fingerprint density at radius 2 is 2.04 bits per heavy atom. The number of carbonyl (C=O) groups is 1. The quantitative estimate of drug-likeness (QED) is 0.895. The van der Waals surface area contributed by atoms with Crippen molar-refractivity contribution in [3.8, 4) is 0 Å². The van der Waals surface area contributed by atoms with Gasteiger partial charge < -0.3 is 19.9 Å². The zero-order chi connectivity index (χ0) is 23.1. The third-order valence-corrected chi connectivity index (χ3v) is 3.91. The second-order valence-corrected chi connectivity index (χ2v) is 5.45. The van der Waals surface area contributed by atoms with Gasteiger partial charge in [0.2, 0.25) is 5.43 Å². The molecule has 1 aliphatic heterocycles. The molecule has 6 heteroatoms. The van der Waals surface area contributed by atoms with Gasteiger partial charge in [-0.15, -0.1) is 0 Å². The Morgan fingerprint density at radius 1 is 1.30 bits per heavy atom. The van der Waals surface area contributed by atoms with Gasteiger partial charge in [-0.05, 0) is 31.0 Å². The van der Waals surface area contributed by atoms with Crippen LogP contribution in [0.5, 0.6) is 0 Å². The number of pyridine rings is 1. The van der Waals surface area contributed by atoms with Gasteiger partial charge in [-0.3, -0.25) is 4.79 Å². The molecule has 0 bridgehead atoms. The first kappa shape index (κ1) is 7.97. The molecule has 6 nitrogen and oxygen atoms in total. The Kier molecular flexibility index (Phi) is 1.86. The van der Waals surface area contributed by atoms with Crippen LogP contribution >= 0.6 is 0 Å². The topological polar surface area (TPSA) is 74.6 Å². The summed E-state index contributed by atoms with van der Waals surface area (Å²) < 4.78 is 66.3. The van der Waals surface area contributed by atoms with Crippen LogP contribution < -0.4 is 15.6 Å². The van der Waals surface area contributed by atoms with Gasteiger partial charge in [0, 0.05) is 54.8 Å². The molecule has 2 aliphatic rings. The Morgan fingerprint density at radius 3 is 2.70 bits per heavy atom. The maximum Gasteiger partial charge on any atom is 0.341 e. The molecule has 0 unspecified atom stereocenters. The van der Waals surface area contributed by atoms with Gasteiger partial charge in [-0.25, -0.2) is 4.79 Å². The summed E-state index contributed by atoms with van der Waals surface area (Å²) in [4.78, 5) is 24.5. The number of carboxylic acids is 1. The van der Waals surface area contributed by atoms with E-state index in [9.17, 15) is 14.7 Å². The number of piperazine rings is 1. The molecule has 0 amide bonds. The van der Waals surface area contributed by atoms with Crippen molar-refractivity contribution in [2.75, 3.05) is 30.9 Å². The van der Waals surface area contributed by atoms with E-state index < -0.39 is 42.9 Å². The van der Waals surface area contributed by atoms with Gasteiger partial charge in [-0.2, -0.15) is 0 Å². The van der Waals surface area contributed by atoms with Crippen LogP contribution in [0.4, 0.5) is 5.69 Å². The van der Waals surface area contributed by atoms with E-state index in [1.54, 1.807) is 9.88 Å². The fraction of sp³-hybridized carbons (Fsp3) is 0.412. The summed E-state index contributed by atoms with van der Waals surface area (Å²) in [6.07, 6.45) is 2.68. The molecule has 0 spiro atoms. The standard InChI is InChI=1S/C17H19N3O3/c21-16-13-4-3-12(19-7-5-18-6-8-19)9-15(13)20(11-1-2-11)10-14(16)17(22)23/h3-4,9-11,18H,1-2,5-8H2,(H,22,23)/i5D2,6D2,7D2,8D2. The van der Waals surface area contributed by atoms with Gasteiger partial charge in [0.15, 0.2) is 0 Å². The summed E-state index contributed by atoms with van der Waals surface area (Å²) >= 11 is 0. The van der Waals surface area contributed by atoms with Crippen LogP contribution in [0.15, 0.2) is 29.2 Å². The number of nitrogens with zero attached hydrogens (tertiary/aromatic N) is 2. The van der Waals surface area contributed by atoms with Crippen LogP contribution in [-0.2, 0) is 0 Å². The first-order valence-corrected chi connectivity index (χ1v) is 7.14. The molecular weight excluding hydrogens is 294 g/mol. The zero-order valence-corrected chi connectivity index (χ0v) is 12.0. The predicted molar refractivity (Wildman–Crippen MR) is 88.5 cm³/mol. The number of rotatable bonds is 3. The van der Waals surface area contributed by atoms with Crippen molar-refractivity contribution in [1.29, 1.82) is 0 Å². The van der Waals surface area contributed by atoms with Crippen LogP contribution in [0.2, 0.25) is 0 Å². The first-order chi connectivity index (χ1) is 14.1. The average Bonchev–Trinajstić information content (AvgIpc) is 3.44. The van der Waals surface area contributed by atoms with Gasteiger partial charge in [0.25, 0.3) is 0 Å². The summed E-state index contributed by atoms with van der Waals surface area (Å²) in [5, 5.41) is 11.2. The zero-order valence-electron chi connectivity index (χ0n) is 20.0. The Labute approximate surface area is 144 Å². The summed E-state index contributed by atoms with van der Waals surface area (Å²) in [7, 11) is 0. The molecule has 2 fully saturated rings. The molecule has 120 valence electrons. The Balaban J connectivity index is 1.99. The van der Waals surface area contributed by atoms with Crippen LogP contribution in [-0.4, -0.2) is 41.6 Å². The highest BCUT2D eigenvalue weighted by Crippen LogP contribution is 2.37. The van der Waals surface area contributed by atoms with Crippen molar-refractivity contribution in [3.63, 3.8) is 0 Å². The highest BCUT2D eigenvalue weighted by atomic mass is 16.4. The highest BCUT2D eigenvalue weighted by molar-refractivity contribution is 5.93. The minimum absolute atomic E-state index is 0.0397. The number of hydrogen-bond acceptors (Lipinski definition) is 4. The minimum atomic E-state index is -3.01. The molecule has 2 N–H and O–H groups in total. The molecule has 23 heavy (non-hydrogen) atoms. The Bertz CT molecular complexity index is 1130. The number of aromatic nitrogens is 1. The number of carboxylic acid groups (broad SMARTS) is 1.